The van der Waals surface area contributed by atoms with Gasteiger partial charge in [-0.2, -0.15) is 0 Å². The van der Waals surface area contributed by atoms with Crippen molar-refractivity contribution in [3.05, 3.63) is 40.0 Å². The van der Waals surface area contributed by atoms with Crippen molar-refractivity contribution in [3.8, 4) is 0 Å². The van der Waals surface area contributed by atoms with E-state index in [-0.39, 0.29) is 12.5 Å². The Hall–Kier alpha value is -2.15. The number of hydrogen-bond donors (Lipinski definition) is 2. The molecule has 2 N–H and O–H groups in total. The number of hydrogen-bond acceptors (Lipinski definition) is 5. The van der Waals surface area contributed by atoms with Crippen LogP contribution in [0.25, 0.3) is 10.4 Å². The van der Waals surface area contributed by atoms with Gasteiger partial charge in [0.1, 0.15) is 0 Å². The van der Waals surface area contributed by atoms with Gasteiger partial charge in [0, 0.05) is 29.9 Å². The minimum absolute atomic E-state index is 0.178. The Morgan fingerprint density at radius 3 is 2.90 bits per heavy atom. The molecule has 1 rings (SSSR count). The van der Waals surface area contributed by atoms with Crippen molar-refractivity contribution in [2.75, 3.05) is 33.4 Å². The molecule has 0 aliphatic heterocycles. The summed E-state index contributed by atoms with van der Waals surface area (Å²) in [4.78, 5) is 18.4. The molecule has 1 aromatic rings. The van der Waals surface area contributed by atoms with Crippen LogP contribution < -0.4 is 10.6 Å². The van der Waals surface area contributed by atoms with Gasteiger partial charge in [-0.3, -0.25) is 9.78 Å². The number of aromatic nitrogens is 1. The lowest BCUT2D eigenvalue weighted by atomic mass is 10.2. The van der Waals surface area contributed by atoms with Crippen molar-refractivity contribution in [3.63, 3.8) is 0 Å². The summed E-state index contributed by atoms with van der Waals surface area (Å²) in [5.41, 5.74) is 9.28. The van der Waals surface area contributed by atoms with Gasteiger partial charge in [-0.05, 0) is 24.7 Å². The molecule has 0 atom stereocenters. The molecule has 0 fully saturated rings. The summed E-state index contributed by atoms with van der Waals surface area (Å²) < 4.78 is 5.28. The molecule has 108 valence electrons. The molecule has 0 bridgehead atoms. The summed E-state index contributed by atoms with van der Waals surface area (Å²) in [6, 6.07) is 3.30. The van der Waals surface area contributed by atoms with Gasteiger partial charge in [0.2, 0.25) is 0 Å². The van der Waals surface area contributed by atoms with Crippen LogP contribution in [0.1, 0.15) is 16.1 Å². The zero-order chi connectivity index (χ0) is 14.6. The fourth-order valence-electron chi connectivity index (χ4n) is 1.37. The third-order valence-electron chi connectivity index (χ3n) is 2.41. The first-order valence-electron chi connectivity index (χ1n) is 6.24. The number of azide groups is 1. The smallest absolute Gasteiger partial charge is 0.252 e. The van der Waals surface area contributed by atoms with Crippen LogP contribution in [0, 0.1) is 0 Å². The van der Waals surface area contributed by atoms with Crippen LogP contribution in [-0.2, 0) is 11.3 Å². The van der Waals surface area contributed by atoms with Gasteiger partial charge in [0.05, 0.1) is 25.3 Å². The first kappa shape index (κ1) is 15.9. The Morgan fingerprint density at radius 2 is 2.25 bits per heavy atom. The lowest BCUT2D eigenvalue weighted by Gasteiger charge is -2.06. The van der Waals surface area contributed by atoms with Crippen molar-refractivity contribution >= 4 is 5.91 Å². The quantitative estimate of drug-likeness (QED) is 0.302. The maximum Gasteiger partial charge on any atom is 0.252 e. The number of carbonyl (C=O) groups is 1. The topological polar surface area (TPSA) is 112 Å². The van der Waals surface area contributed by atoms with Gasteiger partial charge in [-0.1, -0.05) is 5.11 Å². The molecule has 8 nitrogen and oxygen atoms in total. The van der Waals surface area contributed by atoms with Crippen molar-refractivity contribution in [1.29, 1.82) is 0 Å². The lowest BCUT2D eigenvalue weighted by Crippen LogP contribution is -2.28. The number of amides is 1. The number of nitrogens with zero attached hydrogens (tertiary/aromatic N) is 4. The Labute approximate surface area is 117 Å². The van der Waals surface area contributed by atoms with Gasteiger partial charge < -0.3 is 15.4 Å². The number of likely N-dealkylation sites (N-methyl/N-ethyl adjacent to an activating group) is 1. The zero-order valence-corrected chi connectivity index (χ0v) is 11.4. The Morgan fingerprint density at radius 1 is 1.45 bits per heavy atom. The van der Waals surface area contributed by atoms with Gasteiger partial charge in [0.25, 0.3) is 5.91 Å². The number of rotatable bonds is 9. The van der Waals surface area contributed by atoms with Gasteiger partial charge in [0.15, 0.2) is 0 Å². The highest BCUT2D eigenvalue weighted by atomic mass is 16.5. The molecule has 0 aliphatic rings. The second-order valence-electron chi connectivity index (χ2n) is 3.90. The van der Waals surface area contributed by atoms with E-state index in [1.165, 1.54) is 6.20 Å². The van der Waals surface area contributed by atoms with Crippen molar-refractivity contribution in [2.24, 2.45) is 5.11 Å². The molecule has 8 heteroatoms. The summed E-state index contributed by atoms with van der Waals surface area (Å²) in [5, 5.41) is 9.09. The van der Waals surface area contributed by atoms with E-state index in [4.69, 9.17) is 10.3 Å². The predicted octanol–water partition coefficient (Wildman–Crippen LogP) is 0.858. The first-order valence-corrected chi connectivity index (χ1v) is 6.24. The van der Waals surface area contributed by atoms with Crippen LogP contribution >= 0.6 is 0 Å². The summed E-state index contributed by atoms with van der Waals surface area (Å²) in [7, 11) is 1.85. The van der Waals surface area contributed by atoms with Crippen LogP contribution in [0.15, 0.2) is 23.4 Å². The van der Waals surface area contributed by atoms with E-state index in [1.54, 1.807) is 12.1 Å². The summed E-state index contributed by atoms with van der Waals surface area (Å²) >= 11 is 0. The Kier molecular flexibility index (Phi) is 7.74. The fourth-order valence-corrected chi connectivity index (χ4v) is 1.37. The number of pyridine rings is 1. The van der Waals surface area contributed by atoms with Crippen LogP contribution in [0.3, 0.4) is 0 Å². The van der Waals surface area contributed by atoms with E-state index in [0.717, 1.165) is 6.54 Å². The lowest BCUT2D eigenvalue weighted by molar-refractivity contribution is 0.0917. The summed E-state index contributed by atoms with van der Waals surface area (Å²) in [6.07, 6.45) is 1.46. The maximum atomic E-state index is 11.8. The zero-order valence-electron chi connectivity index (χ0n) is 11.4. The summed E-state index contributed by atoms with van der Waals surface area (Å²) in [6.45, 7) is 2.49. The van der Waals surface area contributed by atoms with Crippen LogP contribution in [-0.4, -0.2) is 44.2 Å². The second-order valence-corrected chi connectivity index (χ2v) is 3.90. The largest absolute Gasteiger partial charge is 0.378 e. The third-order valence-corrected chi connectivity index (χ3v) is 2.41. The average Bonchev–Trinajstić information content (AvgIpc) is 2.49. The molecule has 1 heterocycles. The van der Waals surface area contributed by atoms with Crippen molar-refractivity contribution in [1.82, 2.24) is 15.6 Å². The normalized spacial score (nSPS) is 9.85. The van der Waals surface area contributed by atoms with Crippen LogP contribution in [0.2, 0.25) is 0 Å². The Bertz CT molecular complexity index is 456. The van der Waals surface area contributed by atoms with Crippen molar-refractivity contribution in [2.45, 2.75) is 6.54 Å². The molecule has 20 heavy (non-hydrogen) atoms. The first-order chi connectivity index (χ1) is 9.77. The molecular formula is C12H18N6O2. The highest BCUT2D eigenvalue weighted by molar-refractivity contribution is 5.93. The van der Waals surface area contributed by atoms with Crippen LogP contribution in [0.5, 0.6) is 0 Å². The standard InChI is InChI=1S/C12H18N6O2/c1-14-4-6-20-7-5-15-12(19)10-2-3-11(16-8-10)9-17-18-13/h2-3,8,14H,4-7,9H2,1H3,(H,15,19). The van der Waals surface area contributed by atoms with E-state index in [9.17, 15) is 4.79 Å². The van der Waals surface area contributed by atoms with E-state index >= 15 is 0 Å². The predicted molar refractivity (Wildman–Crippen MR) is 74.2 cm³/mol. The van der Waals surface area contributed by atoms with Crippen LogP contribution in [0.4, 0.5) is 0 Å². The number of ether oxygens (including phenoxy) is 1. The average molecular weight is 278 g/mol. The highest BCUT2D eigenvalue weighted by Crippen LogP contribution is 2.01. The maximum absolute atomic E-state index is 11.8. The molecular weight excluding hydrogens is 260 g/mol. The fraction of sp³-hybridized carbons (Fsp3) is 0.500. The third kappa shape index (κ3) is 6.14. The molecule has 0 radical (unpaired) electrons. The minimum Gasteiger partial charge on any atom is -0.378 e. The minimum atomic E-state index is -0.204. The Balaban J connectivity index is 2.30. The molecule has 0 aromatic carbocycles. The molecule has 1 amide bonds. The number of nitrogens with one attached hydrogen (secondary N) is 2. The van der Waals surface area contributed by atoms with Gasteiger partial charge in [-0.25, -0.2) is 0 Å². The molecule has 0 spiro atoms. The second kappa shape index (κ2) is 9.74. The van der Waals surface area contributed by atoms with E-state index in [0.29, 0.717) is 31.0 Å². The van der Waals surface area contributed by atoms with Gasteiger partial charge in [-0.15, -0.1) is 0 Å². The van der Waals surface area contributed by atoms with E-state index in [2.05, 4.69) is 25.6 Å². The summed E-state index contributed by atoms with van der Waals surface area (Å²) in [5.74, 6) is -0.204. The highest BCUT2D eigenvalue weighted by Gasteiger charge is 2.05. The molecule has 0 saturated heterocycles. The molecule has 0 aliphatic carbocycles. The van der Waals surface area contributed by atoms with E-state index in [1.807, 2.05) is 7.05 Å². The van der Waals surface area contributed by atoms with E-state index < -0.39 is 0 Å². The molecule has 0 saturated carbocycles. The molecule has 0 unspecified atom stereocenters. The molecule has 1 aromatic heterocycles. The number of carbonyl (C=O) groups excluding carboxylic acids is 1. The van der Waals surface area contributed by atoms with Crippen molar-refractivity contribution < 1.29 is 9.53 Å². The van der Waals surface area contributed by atoms with Gasteiger partial charge >= 0.3 is 0 Å². The monoisotopic (exact) mass is 278 g/mol. The SMILES string of the molecule is CNCCOCCNC(=O)c1ccc(CN=[N+]=[N-])nc1.